The van der Waals surface area contributed by atoms with Crippen molar-refractivity contribution in [3.05, 3.63) is 48.0 Å². The Morgan fingerprint density at radius 1 is 1.19 bits per heavy atom. The third-order valence-electron chi connectivity index (χ3n) is 4.48. The van der Waals surface area contributed by atoms with Gasteiger partial charge in [0.2, 0.25) is 0 Å². The van der Waals surface area contributed by atoms with Gasteiger partial charge >= 0.3 is 5.97 Å². The molecule has 1 saturated carbocycles. The van der Waals surface area contributed by atoms with Crippen LogP contribution in [0.5, 0.6) is 5.75 Å². The van der Waals surface area contributed by atoms with Crippen molar-refractivity contribution in [2.24, 2.45) is 0 Å². The molecule has 0 unspecified atom stereocenters. The first kappa shape index (κ1) is 18.2. The standard InChI is InChI=1S/C20H21F2NO3/c21-16-11-13(12-17(22)20(16)26-10-4-9-19(24)25)15-7-1-2-8-18(15)23-14-5-3-6-14/h1-2,7-8,11-12,14,23H,3-6,9-10H2,(H,24,25). The first-order valence-electron chi connectivity index (χ1n) is 8.74. The largest absolute Gasteiger partial charge is 0.488 e. The van der Waals surface area contributed by atoms with Crippen molar-refractivity contribution in [1.29, 1.82) is 0 Å². The maximum absolute atomic E-state index is 14.4. The Morgan fingerprint density at radius 2 is 1.88 bits per heavy atom. The van der Waals surface area contributed by atoms with Gasteiger partial charge in [-0.25, -0.2) is 8.78 Å². The molecule has 138 valence electrons. The minimum Gasteiger partial charge on any atom is -0.488 e. The van der Waals surface area contributed by atoms with Crippen molar-refractivity contribution in [2.75, 3.05) is 11.9 Å². The average Bonchev–Trinajstić information content (AvgIpc) is 2.56. The van der Waals surface area contributed by atoms with E-state index in [0.717, 1.165) is 24.1 Å². The third-order valence-corrected chi connectivity index (χ3v) is 4.48. The number of benzene rings is 2. The fraction of sp³-hybridized carbons (Fsp3) is 0.350. The van der Waals surface area contributed by atoms with E-state index < -0.39 is 23.4 Å². The van der Waals surface area contributed by atoms with E-state index in [1.165, 1.54) is 18.6 Å². The van der Waals surface area contributed by atoms with Crippen LogP contribution in [-0.4, -0.2) is 23.7 Å². The number of ether oxygens (including phenoxy) is 1. The lowest BCUT2D eigenvalue weighted by Gasteiger charge is -2.28. The predicted molar refractivity (Wildman–Crippen MR) is 95.4 cm³/mol. The Morgan fingerprint density at radius 3 is 2.50 bits per heavy atom. The van der Waals surface area contributed by atoms with Gasteiger partial charge in [0.05, 0.1) is 6.61 Å². The summed E-state index contributed by atoms with van der Waals surface area (Å²) in [4.78, 5) is 10.5. The Bertz CT molecular complexity index is 767. The Labute approximate surface area is 150 Å². The number of carboxylic acid groups (broad SMARTS) is 1. The Kier molecular flexibility index (Phi) is 5.71. The number of hydrogen-bond donors (Lipinski definition) is 2. The first-order valence-corrected chi connectivity index (χ1v) is 8.74. The SMILES string of the molecule is O=C(O)CCCOc1c(F)cc(-c2ccccc2NC2CCC2)cc1F. The van der Waals surface area contributed by atoms with Gasteiger partial charge in [0.25, 0.3) is 0 Å². The summed E-state index contributed by atoms with van der Waals surface area (Å²) < 4.78 is 33.8. The molecule has 0 spiro atoms. The molecule has 0 bridgehead atoms. The Hall–Kier alpha value is -2.63. The van der Waals surface area contributed by atoms with Crippen molar-refractivity contribution in [3.63, 3.8) is 0 Å². The lowest BCUT2D eigenvalue weighted by atomic mass is 9.92. The number of nitrogens with one attached hydrogen (secondary N) is 1. The van der Waals surface area contributed by atoms with Crippen molar-refractivity contribution in [3.8, 4) is 16.9 Å². The van der Waals surface area contributed by atoms with E-state index in [0.29, 0.717) is 11.6 Å². The first-order chi connectivity index (χ1) is 12.5. The summed E-state index contributed by atoms with van der Waals surface area (Å²) in [6.45, 7) is -0.0562. The zero-order valence-corrected chi connectivity index (χ0v) is 14.3. The number of carbonyl (C=O) groups is 1. The molecular weight excluding hydrogens is 340 g/mol. The molecule has 1 fully saturated rings. The molecule has 2 N–H and O–H groups in total. The number of anilines is 1. The second-order valence-electron chi connectivity index (χ2n) is 6.43. The zero-order chi connectivity index (χ0) is 18.5. The van der Waals surface area contributed by atoms with Gasteiger partial charge in [-0.1, -0.05) is 18.2 Å². The van der Waals surface area contributed by atoms with Crippen LogP contribution in [0.15, 0.2) is 36.4 Å². The molecule has 3 rings (SSSR count). The summed E-state index contributed by atoms with van der Waals surface area (Å²) in [6.07, 6.45) is 3.46. The van der Waals surface area contributed by atoms with Crippen molar-refractivity contribution < 1.29 is 23.4 Å². The van der Waals surface area contributed by atoms with E-state index in [1.807, 2.05) is 24.3 Å². The van der Waals surface area contributed by atoms with E-state index in [9.17, 15) is 13.6 Å². The number of carboxylic acids is 1. The van der Waals surface area contributed by atoms with Gasteiger partial charge in [-0.3, -0.25) is 4.79 Å². The molecule has 4 nitrogen and oxygen atoms in total. The second-order valence-corrected chi connectivity index (χ2v) is 6.43. The van der Waals surface area contributed by atoms with E-state index in [4.69, 9.17) is 9.84 Å². The number of para-hydroxylation sites is 1. The van der Waals surface area contributed by atoms with Gasteiger partial charge in [-0.2, -0.15) is 0 Å². The number of rotatable bonds is 8. The highest BCUT2D eigenvalue weighted by Gasteiger charge is 2.20. The summed E-state index contributed by atoms with van der Waals surface area (Å²) in [5.74, 6) is -3.04. The third kappa shape index (κ3) is 4.31. The van der Waals surface area contributed by atoms with Gasteiger partial charge in [0.15, 0.2) is 17.4 Å². The average molecular weight is 361 g/mol. The van der Waals surface area contributed by atoms with E-state index in [-0.39, 0.29) is 19.4 Å². The molecule has 0 saturated heterocycles. The minimum absolute atomic E-state index is 0.0562. The molecule has 0 atom stereocenters. The topological polar surface area (TPSA) is 58.6 Å². The molecule has 0 amide bonds. The van der Waals surface area contributed by atoms with Crippen LogP contribution < -0.4 is 10.1 Å². The smallest absolute Gasteiger partial charge is 0.303 e. The van der Waals surface area contributed by atoms with Gasteiger partial charge in [-0.05, 0) is 49.4 Å². The van der Waals surface area contributed by atoms with Crippen LogP contribution in [-0.2, 0) is 4.79 Å². The zero-order valence-electron chi connectivity index (χ0n) is 14.3. The van der Waals surface area contributed by atoms with Crippen molar-refractivity contribution in [2.45, 2.75) is 38.1 Å². The highest BCUT2D eigenvalue weighted by Crippen LogP contribution is 2.34. The molecule has 0 aliphatic heterocycles. The lowest BCUT2D eigenvalue weighted by Crippen LogP contribution is -2.27. The van der Waals surface area contributed by atoms with Gasteiger partial charge in [0.1, 0.15) is 0 Å². The molecule has 0 radical (unpaired) electrons. The van der Waals surface area contributed by atoms with Crippen LogP contribution >= 0.6 is 0 Å². The maximum atomic E-state index is 14.4. The van der Waals surface area contributed by atoms with E-state index in [1.54, 1.807) is 0 Å². The molecular formula is C20H21F2NO3. The maximum Gasteiger partial charge on any atom is 0.303 e. The van der Waals surface area contributed by atoms with Gasteiger partial charge in [-0.15, -0.1) is 0 Å². The summed E-state index contributed by atoms with van der Waals surface area (Å²) in [7, 11) is 0. The fourth-order valence-electron chi connectivity index (χ4n) is 2.88. The van der Waals surface area contributed by atoms with E-state index >= 15 is 0 Å². The van der Waals surface area contributed by atoms with Gasteiger partial charge < -0.3 is 15.2 Å². The molecule has 0 heterocycles. The quantitative estimate of drug-likeness (QED) is 0.661. The minimum atomic E-state index is -0.972. The van der Waals surface area contributed by atoms with Crippen LogP contribution in [0, 0.1) is 11.6 Å². The van der Waals surface area contributed by atoms with Crippen LogP contribution in [0.3, 0.4) is 0 Å². The molecule has 0 aromatic heterocycles. The molecule has 1 aliphatic rings. The summed E-state index contributed by atoms with van der Waals surface area (Å²) in [6, 6.07) is 10.3. The number of aliphatic carboxylic acids is 1. The molecule has 2 aromatic rings. The second kappa shape index (κ2) is 8.17. The summed E-state index contributed by atoms with van der Waals surface area (Å²) >= 11 is 0. The molecule has 1 aliphatic carbocycles. The van der Waals surface area contributed by atoms with Crippen LogP contribution in [0.4, 0.5) is 14.5 Å². The molecule has 2 aromatic carbocycles. The highest BCUT2D eigenvalue weighted by molar-refractivity contribution is 5.78. The fourth-order valence-corrected chi connectivity index (χ4v) is 2.88. The number of halogens is 2. The molecule has 26 heavy (non-hydrogen) atoms. The molecule has 6 heteroatoms. The summed E-state index contributed by atoms with van der Waals surface area (Å²) in [5, 5.41) is 12.0. The van der Waals surface area contributed by atoms with Crippen molar-refractivity contribution in [1.82, 2.24) is 0 Å². The van der Waals surface area contributed by atoms with Crippen LogP contribution in [0.2, 0.25) is 0 Å². The summed E-state index contributed by atoms with van der Waals surface area (Å²) in [5.41, 5.74) is 2.01. The van der Waals surface area contributed by atoms with Gasteiger partial charge in [0, 0.05) is 23.7 Å². The number of hydrogen-bond acceptors (Lipinski definition) is 3. The van der Waals surface area contributed by atoms with E-state index in [2.05, 4.69) is 5.32 Å². The Balaban J connectivity index is 1.78. The normalized spacial score (nSPS) is 13.9. The van der Waals surface area contributed by atoms with Crippen LogP contribution in [0.25, 0.3) is 11.1 Å². The lowest BCUT2D eigenvalue weighted by molar-refractivity contribution is -0.137. The van der Waals surface area contributed by atoms with Crippen LogP contribution in [0.1, 0.15) is 32.1 Å². The monoisotopic (exact) mass is 361 g/mol. The predicted octanol–water partition coefficient (Wildman–Crippen LogP) is 4.84. The highest BCUT2D eigenvalue weighted by atomic mass is 19.1. The van der Waals surface area contributed by atoms with Crippen molar-refractivity contribution >= 4 is 11.7 Å².